The van der Waals surface area contributed by atoms with Gasteiger partial charge in [0, 0.05) is 5.56 Å². The van der Waals surface area contributed by atoms with Crippen molar-refractivity contribution in [1.82, 2.24) is 4.98 Å². The monoisotopic (exact) mass is 355 g/mol. The molecule has 0 fully saturated rings. The lowest BCUT2D eigenvalue weighted by atomic mass is 10.0. The lowest BCUT2D eigenvalue weighted by molar-refractivity contribution is 0.105. The molecule has 0 radical (unpaired) electrons. The number of rotatable bonds is 5. The molecule has 0 aliphatic heterocycles. The summed E-state index contributed by atoms with van der Waals surface area (Å²) in [4.78, 5) is 17.7. The summed E-state index contributed by atoms with van der Waals surface area (Å²) >= 11 is 0. The molecule has 0 spiro atoms. The molecule has 0 unspecified atom stereocenters. The summed E-state index contributed by atoms with van der Waals surface area (Å²) in [7, 11) is 1.59. The zero-order chi connectivity index (χ0) is 18.6. The Morgan fingerprint density at radius 3 is 2.33 bits per heavy atom. The van der Waals surface area contributed by atoms with E-state index < -0.39 is 0 Å². The Balaban J connectivity index is 1.82. The average Bonchev–Trinajstić information content (AvgIpc) is 3.16. The van der Waals surface area contributed by atoms with Gasteiger partial charge >= 0.3 is 0 Å². The number of hydrogen-bond donors (Lipinski definition) is 0. The molecule has 0 saturated heterocycles. The zero-order valence-corrected chi connectivity index (χ0v) is 14.8. The Kier molecular flexibility index (Phi) is 4.54. The van der Waals surface area contributed by atoms with Crippen LogP contribution >= 0.6 is 0 Å². The van der Waals surface area contributed by atoms with Crippen molar-refractivity contribution in [3.63, 3.8) is 0 Å². The van der Waals surface area contributed by atoms with Gasteiger partial charge in [-0.05, 0) is 48.0 Å². The van der Waals surface area contributed by atoms with Crippen LogP contribution in [0.2, 0.25) is 0 Å². The third kappa shape index (κ3) is 3.51. The third-order valence-corrected chi connectivity index (χ3v) is 4.23. The summed E-state index contributed by atoms with van der Waals surface area (Å²) in [6.07, 6.45) is 1.80. The van der Waals surface area contributed by atoms with Gasteiger partial charge in [0.2, 0.25) is 5.89 Å². The summed E-state index contributed by atoms with van der Waals surface area (Å²) in [5.41, 5.74) is 3.21. The highest BCUT2D eigenvalue weighted by atomic mass is 16.5. The van der Waals surface area contributed by atoms with E-state index in [0.717, 1.165) is 5.56 Å². The molecule has 4 rings (SSSR count). The molecule has 27 heavy (non-hydrogen) atoms. The van der Waals surface area contributed by atoms with Gasteiger partial charge in [0.25, 0.3) is 0 Å². The molecule has 4 nitrogen and oxygen atoms in total. The molecule has 4 aromatic rings. The summed E-state index contributed by atoms with van der Waals surface area (Å²) in [6, 6.07) is 24.1. The van der Waals surface area contributed by atoms with Crippen molar-refractivity contribution < 1.29 is 13.9 Å². The normalized spacial score (nSPS) is 11.5. The summed E-state index contributed by atoms with van der Waals surface area (Å²) in [5.74, 6) is 0.843. The van der Waals surface area contributed by atoms with Crippen molar-refractivity contribution in [3.05, 3.63) is 95.9 Å². The number of fused-ring (bicyclic) bond motifs is 1. The van der Waals surface area contributed by atoms with Crippen LogP contribution in [0.4, 0.5) is 0 Å². The van der Waals surface area contributed by atoms with Gasteiger partial charge in [-0.15, -0.1) is 0 Å². The molecule has 1 heterocycles. The fourth-order valence-corrected chi connectivity index (χ4v) is 2.83. The first-order chi connectivity index (χ1) is 13.2. The Morgan fingerprint density at radius 1 is 0.926 bits per heavy atom. The lowest BCUT2D eigenvalue weighted by Gasteiger charge is -2.05. The Hall–Kier alpha value is -3.66. The second-order valence-corrected chi connectivity index (χ2v) is 6.01. The number of benzene rings is 3. The van der Waals surface area contributed by atoms with E-state index in [2.05, 4.69) is 4.98 Å². The van der Waals surface area contributed by atoms with Gasteiger partial charge in [-0.2, -0.15) is 0 Å². The highest BCUT2D eigenvalue weighted by Crippen LogP contribution is 2.26. The first-order valence-corrected chi connectivity index (χ1v) is 8.56. The number of ether oxygens (including phenoxy) is 1. The summed E-state index contributed by atoms with van der Waals surface area (Å²) in [6.45, 7) is 0. The standard InChI is InChI=1S/C23H17NO3/c1-26-18-13-11-17(12-14-18)22(25)19(15-16-7-3-2-4-8-16)23-24-20-9-5-6-10-21(20)27-23/h2-15H,1H3. The number of allylic oxidation sites excluding steroid dienone is 1. The van der Waals surface area contributed by atoms with Crippen molar-refractivity contribution in [2.24, 2.45) is 0 Å². The maximum Gasteiger partial charge on any atom is 0.231 e. The minimum absolute atomic E-state index is 0.159. The van der Waals surface area contributed by atoms with Crippen molar-refractivity contribution in [3.8, 4) is 5.75 Å². The maximum absolute atomic E-state index is 13.2. The molecule has 0 atom stereocenters. The minimum Gasteiger partial charge on any atom is -0.497 e. The first-order valence-electron chi connectivity index (χ1n) is 8.56. The van der Waals surface area contributed by atoms with E-state index in [1.54, 1.807) is 37.5 Å². The van der Waals surface area contributed by atoms with Gasteiger partial charge in [0.05, 0.1) is 12.7 Å². The van der Waals surface area contributed by atoms with Crippen molar-refractivity contribution >= 4 is 28.5 Å². The predicted octanol–water partition coefficient (Wildman–Crippen LogP) is 5.26. The second-order valence-electron chi connectivity index (χ2n) is 6.01. The molecular weight excluding hydrogens is 338 g/mol. The van der Waals surface area contributed by atoms with E-state index in [1.165, 1.54) is 0 Å². The number of para-hydroxylation sites is 2. The van der Waals surface area contributed by atoms with Gasteiger partial charge in [-0.1, -0.05) is 42.5 Å². The van der Waals surface area contributed by atoms with Gasteiger partial charge in [0.1, 0.15) is 11.3 Å². The largest absolute Gasteiger partial charge is 0.497 e. The summed E-state index contributed by atoms with van der Waals surface area (Å²) in [5, 5.41) is 0. The van der Waals surface area contributed by atoms with E-state index in [9.17, 15) is 4.79 Å². The van der Waals surface area contributed by atoms with Crippen LogP contribution in [0.3, 0.4) is 0 Å². The van der Waals surface area contributed by atoms with Crippen LogP contribution in [0.25, 0.3) is 22.7 Å². The van der Waals surface area contributed by atoms with Crippen LogP contribution < -0.4 is 4.74 Å². The number of carbonyl (C=O) groups excluding carboxylic acids is 1. The number of carbonyl (C=O) groups is 1. The average molecular weight is 355 g/mol. The minimum atomic E-state index is -0.159. The highest BCUT2D eigenvalue weighted by molar-refractivity contribution is 6.31. The predicted molar refractivity (Wildman–Crippen MR) is 106 cm³/mol. The van der Waals surface area contributed by atoms with Crippen LogP contribution in [0.1, 0.15) is 21.8 Å². The molecule has 0 aliphatic carbocycles. The molecule has 0 bridgehead atoms. The lowest BCUT2D eigenvalue weighted by Crippen LogP contribution is -2.03. The number of methoxy groups -OCH3 is 1. The number of nitrogens with zero attached hydrogens (tertiary/aromatic N) is 1. The molecule has 3 aromatic carbocycles. The van der Waals surface area contributed by atoms with Crippen LogP contribution in [0, 0.1) is 0 Å². The fraction of sp³-hybridized carbons (Fsp3) is 0.0435. The van der Waals surface area contributed by atoms with E-state index in [4.69, 9.17) is 9.15 Å². The van der Waals surface area contributed by atoms with Gasteiger partial charge in [-0.3, -0.25) is 4.79 Å². The zero-order valence-electron chi connectivity index (χ0n) is 14.8. The molecule has 0 saturated carbocycles. The molecule has 132 valence electrons. The Morgan fingerprint density at radius 2 is 1.63 bits per heavy atom. The Bertz CT molecular complexity index is 1080. The number of ketones is 1. The van der Waals surface area contributed by atoms with Gasteiger partial charge in [-0.25, -0.2) is 4.98 Å². The van der Waals surface area contributed by atoms with E-state index in [-0.39, 0.29) is 5.78 Å². The molecule has 0 amide bonds. The summed E-state index contributed by atoms with van der Waals surface area (Å²) < 4.78 is 11.0. The quantitative estimate of drug-likeness (QED) is 0.362. The van der Waals surface area contributed by atoms with E-state index >= 15 is 0 Å². The Labute approximate surface area is 156 Å². The van der Waals surface area contributed by atoms with Crippen molar-refractivity contribution in [1.29, 1.82) is 0 Å². The molecule has 4 heteroatoms. The van der Waals surface area contributed by atoms with Crippen molar-refractivity contribution in [2.45, 2.75) is 0 Å². The number of oxazole rings is 1. The molecular formula is C23H17NO3. The van der Waals surface area contributed by atoms with E-state index in [0.29, 0.717) is 33.9 Å². The van der Waals surface area contributed by atoms with Crippen molar-refractivity contribution in [2.75, 3.05) is 7.11 Å². The van der Waals surface area contributed by atoms with Gasteiger partial charge in [0.15, 0.2) is 11.4 Å². The van der Waals surface area contributed by atoms with Gasteiger partial charge < -0.3 is 9.15 Å². The van der Waals surface area contributed by atoms with Crippen LogP contribution in [-0.4, -0.2) is 17.9 Å². The van der Waals surface area contributed by atoms with Crippen LogP contribution in [-0.2, 0) is 0 Å². The smallest absolute Gasteiger partial charge is 0.231 e. The SMILES string of the molecule is COc1ccc(C(=O)C(=Cc2ccccc2)c2nc3ccccc3o2)cc1. The topological polar surface area (TPSA) is 52.3 Å². The maximum atomic E-state index is 13.2. The molecule has 0 N–H and O–H groups in total. The first kappa shape index (κ1) is 16.8. The third-order valence-electron chi connectivity index (χ3n) is 4.23. The van der Waals surface area contributed by atoms with E-state index in [1.807, 2.05) is 54.6 Å². The number of aromatic nitrogens is 1. The molecule has 1 aromatic heterocycles. The second kappa shape index (κ2) is 7.30. The fourth-order valence-electron chi connectivity index (χ4n) is 2.83. The molecule has 0 aliphatic rings. The number of hydrogen-bond acceptors (Lipinski definition) is 4. The van der Waals surface area contributed by atoms with Crippen LogP contribution in [0.15, 0.2) is 83.3 Å². The van der Waals surface area contributed by atoms with Crippen LogP contribution in [0.5, 0.6) is 5.75 Å². The highest BCUT2D eigenvalue weighted by Gasteiger charge is 2.20. The number of Topliss-reactive ketones (excluding diaryl/α,β-unsaturated/α-hetero) is 1.